The lowest BCUT2D eigenvalue weighted by molar-refractivity contribution is 0.0303. The van der Waals surface area contributed by atoms with Gasteiger partial charge in [-0.25, -0.2) is 4.39 Å². The summed E-state index contributed by atoms with van der Waals surface area (Å²) in [7, 11) is 0. The van der Waals surface area contributed by atoms with E-state index in [1.54, 1.807) is 12.1 Å². The summed E-state index contributed by atoms with van der Waals surface area (Å²) in [5.41, 5.74) is 0.595. The Balaban J connectivity index is 2.41. The number of aryl methyl sites for hydroxylation is 1. The molecule has 1 fully saturated rings. The molecule has 1 aliphatic carbocycles. The molecule has 1 nitrogen and oxygen atoms in total. The second kappa shape index (κ2) is 3.56. The molecule has 16 heavy (non-hydrogen) atoms. The van der Waals surface area contributed by atoms with E-state index in [4.69, 9.17) is 0 Å². The molecule has 0 radical (unpaired) electrons. The lowest BCUT2D eigenvalue weighted by Gasteiger charge is -2.26. The molecular formula is C14H19FO. The molecule has 1 aliphatic rings. The van der Waals surface area contributed by atoms with Crippen molar-refractivity contribution in [3.8, 4) is 0 Å². The highest BCUT2D eigenvalue weighted by atomic mass is 19.1. The molecule has 2 heteroatoms. The van der Waals surface area contributed by atoms with E-state index in [1.165, 1.54) is 6.07 Å². The molecule has 1 saturated carbocycles. The molecule has 88 valence electrons. The molecule has 0 bridgehead atoms. The largest absolute Gasteiger partial charge is 0.385 e. The van der Waals surface area contributed by atoms with Gasteiger partial charge in [0.15, 0.2) is 0 Å². The monoisotopic (exact) mass is 222 g/mol. The molecule has 0 heterocycles. The third kappa shape index (κ3) is 1.99. The van der Waals surface area contributed by atoms with Crippen LogP contribution in [0, 0.1) is 18.2 Å². The van der Waals surface area contributed by atoms with Crippen LogP contribution in [0.25, 0.3) is 0 Å². The lowest BCUT2D eigenvalue weighted by atomic mass is 9.85. The number of rotatable bonds is 1. The molecule has 1 aromatic carbocycles. The first-order valence-electron chi connectivity index (χ1n) is 5.81. The van der Waals surface area contributed by atoms with Crippen molar-refractivity contribution >= 4 is 0 Å². The van der Waals surface area contributed by atoms with Crippen LogP contribution in [0.5, 0.6) is 0 Å². The number of halogens is 1. The summed E-state index contributed by atoms with van der Waals surface area (Å²) < 4.78 is 13.8. The van der Waals surface area contributed by atoms with Crippen molar-refractivity contribution in [3.63, 3.8) is 0 Å². The molecule has 2 rings (SSSR count). The van der Waals surface area contributed by atoms with E-state index in [9.17, 15) is 9.50 Å². The second-order valence-electron chi connectivity index (χ2n) is 5.86. The van der Waals surface area contributed by atoms with E-state index in [0.717, 1.165) is 12.0 Å². The summed E-state index contributed by atoms with van der Waals surface area (Å²) in [6.07, 6.45) is 2.23. The summed E-state index contributed by atoms with van der Waals surface area (Å²) in [6.45, 7) is 6.17. The third-order valence-electron chi connectivity index (χ3n) is 3.61. The Bertz CT molecular complexity index is 411. The lowest BCUT2D eigenvalue weighted by Crippen LogP contribution is -2.25. The number of hydrogen-bond acceptors (Lipinski definition) is 1. The van der Waals surface area contributed by atoms with Crippen LogP contribution in [0.15, 0.2) is 18.2 Å². The zero-order valence-corrected chi connectivity index (χ0v) is 10.2. The van der Waals surface area contributed by atoms with Crippen molar-refractivity contribution < 1.29 is 9.50 Å². The van der Waals surface area contributed by atoms with Crippen LogP contribution in [0.4, 0.5) is 4.39 Å². The van der Waals surface area contributed by atoms with Gasteiger partial charge in [-0.15, -0.1) is 0 Å². The van der Waals surface area contributed by atoms with Gasteiger partial charge in [-0.2, -0.15) is 0 Å². The highest BCUT2D eigenvalue weighted by Gasteiger charge is 2.44. The number of benzene rings is 1. The SMILES string of the molecule is Cc1ccc(F)c(C2(O)CCC(C)(C)C2)c1. The molecule has 0 spiro atoms. The Hall–Kier alpha value is -0.890. The first-order valence-corrected chi connectivity index (χ1v) is 5.81. The Morgan fingerprint density at radius 1 is 1.25 bits per heavy atom. The molecule has 0 saturated heterocycles. The van der Waals surface area contributed by atoms with Gasteiger partial charge >= 0.3 is 0 Å². The summed E-state index contributed by atoms with van der Waals surface area (Å²) >= 11 is 0. The fraction of sp³-hybridized carbons (Fsp3) is 0.571. The first kappa shape index (κ1) is 11.6. The molecule has 0 aromatic heterocycles. The molecule has 1 aromatic rings. The average molecular weight is 222 g/mol. The van der Waals surface area contributed by atoms with Gasteiger partial charge in [0.2, 0.25) is 0 Å². The van der Waals surface area contributed by atoms with Crippen LogP contribution < -0.4 is 0 Å². The number of aliphatic hydroxyl groups is 1. The smallest absolute Gasteiger partial charge is 0.129 e. The van der Waals surface area contributed by atoms with Crippen molar-refractivity contribution in [2.24, 2.45) is 5.41 Å². The van der Waals surface area contributed by atoms with Crippen LogP contribution >= 0.6 is 0 Å². The van der Waals surface area contributed by atoms with Gasteiger partial charge in [-0.05, 0) is 37.7 Å². The van der Waals surface area contributed by atoms with Gasteiger partial charge in [0.1, 0.15) is 5.82 Å². The molecular weight excluding hydrogens is 203 g/mol. The van der Waals surface area contributed by atoms with Gasteiger partial charge < -0.3 is 5.11 Å². The van der Waals surface area contributed by atoms with E-state index in [1.807, 2.05) is 6.92 Å². The third-order valence-corrected chi connectivity index (χ3v) is 3.61. The van der Waals surface area contributed by atoms with Gasteiger partial charge in [-0.1, -0.05) is 31.5 Å². The Morgan fingerprint density at radius 3 is 2.50 bits per heavy atom. The normalized spacial score (nSPS) is 28.3. The summed E-state index contributed by atoms with van der Waals surface area (Å²) in [5.74, 6) is -0.286. The first-order chi connectivity index (χ1) is 7.32. The predicted octanol–water partition coefficient (Wildman–Crippen LogP) is 3.53. The van der Waals surface area contributed by atoms with Crippen molar-refractivity contribution in [1.29, 1.82) is 0 Å². The molecule has 1 N–H and O–H groups in total. The van der Waals surface area contributed by atoms with Crippen molar-refractivity contribution in [3.05, 3.63) is 35.1 Å². The van der Waals surface area contributed by atoms with E-state index >= 15 is 0 Å². The molecule has 0 aliphatic heterocycles. The van der Waals surface area contributed by atoms with Crippen molar-refractivity contribution in [2.75, 3.05) is 0 Å². The van der Waals surface area contributed by atoms with Gasteiger partial charge in [0.25, 0.3) is 0 Å². The van der Waals surface area contributed by atoms with E-state index in [-0.39, 0.29) is 11.2 Å². The van der Waals surface area contributed by atoms with Gasteiger partial charge in [-0.3, -0.25) is 0 Å². The standard InChI is InChI=1S/C14H19FO/c1-10-4-5-12(15)11(8-10)14(16)7-6-13(2,3)9-14/h4-5,8,16H,6-7,9H2,1-3H3. The molecule has 1 atom stereocenters. The fourth-order valence-electron chi connectivity index (χ4n) is 2.74. The summed E-state index contributed by atoms with van der Waals surface area (Å²) in [4.78, 5) is 0. The Labute approximate surface area is 96.3 Å². The van der Waals surface area contributed by atoms with Gasteiger partial charge in [0, 0.05) is 5.56 Å². The Morgan fingerprint density at radius 2 is 1.94 bits per heavy atom. The topological polar surface area (TPSA) is 20.2 Å². The maximum Gasteiger partial charge on any atom is 0.129 e. The maximum absolute atomic E-state index is 13.8. The minimum absolute atomic E-state index is 0.102. The van der Waals surface area contributed by atoms with E-state index < -0.39 is 5.60 Å². The summed E-state index contributed by atoms with van der Waals surface area (Å²) in [6, 6.07) is 4.97. The van der Waals surface area contributed by atoms with Gasteiger partial charge in [0.05, 0.1) is 5.60 Å². The van der Waals surface area contributed by atoms with Crippen LogP contribution in [0.3, 0.4) is 0 Å². The average Bonchev–Trinajstić information content (AvgIpc) is 2.46. The second-order valence-corrected chi connectivity index (χ2v) is 5.86. The van der Waals surface area contributed by atoms with Crippen molar-refractivity contribution in [1.82, 2.24) is 0 Å². The zero-order chi connectivity index (χ0) is 12.0. The van der Waals surface area contributed by atoms with Crippen LogP contribution in [0.2, 0.25) is 0 Å². The Kier molecular flexibility index (Phi) is 2.58. The quantitative estimate of drug-likeness (QED) is 0.770. The van der Waals surface area contributed by atoms with Crippen LogP contribution in [-0.2, 0) is 5.60 Å². The minimum Gasteiger partial charge on any atom is -0.385 e. The summed E-state index contributed by atoms with van der Waals surface area (Å²) in [5, 5.41) is 10.6. The molecule has 0 amide bonds. The fourth-order valence-corrected chi connectivity index (χ4v) is 2.74. The zero-order valence-electron chi connectivity index (χ0n) is 10.2. The van der Waals surface area contributed by atoms with Crippen molar-refractivity contribution in [2.45, 2.75) is 45.6 Å². The van der Waals surface area contributed by atoms with E-state index in [2.05, 4.69) is 13.8 Å². The highest BCUT2D eigenvalue weighted by molar-refractivity contribution is 5.30. The van der Waals surface area contributed by atoms with Crippen LogP contribution in [0.1, 0.15) is 44.2 Å². The molecule has 1 unspecified atom stereocenters. The predicted molar refractivity (Wildman–Crippen MR) is 62.7 cm³/mol. The number of hydrogen-bond donors (Lipinski definition) is 1. The van der Waals surface area contributed by atoms with Crippen LogP contribution in [-0.4, -0.2) is 5.11 Å². The van der Waals surface area contributed by atoms with E-state index in [0.29, 0.717) is 18.4 Å². The highest BCUT2D eigenvalue weighted by Crippen LogP contribution is 2.49. The maximum atomic E-state index is 13.8. The minimum atomic E-state index is -0.973.